The predicted octanol–water partition coefficient (Wildman–Crippen LogP) is 5.33. The van der Waals surface area contributed by atoms with E-state index in [9.17, 15) is 9.59 Å². The van der Waals surface area contributed by atoms with Crippen molar-refractivity contribution in [1.82, 2.24) is 4.98 Å². The van der Waals surface area contributed by atoms with Gasteiger partial charge in [-0.15, -0.1) is 11.3 Å². The molecule has 26 heavy (non-hydrogen) atoms. The van der Waals surface area contributed by atoms with E-state index < -0.39 is 0 Å². The molecule has 0 N–H and O–H groups in total. The van der Waals surface area contributed by atoms with Crippen LogP contribution in [0.5, 0.6) is 0 Å². The number of rotatable bonds is 7. The van der Waals surface area contributed by atoms with Gasteiger partial charge >= 0.3 is 0 Å². The van der Waals surface area contributed by atoms with Crippen molar-refractivity contribution in [2.45, 2.75) is 25.7 Å². The fraction of sp³-hybridized carbons (Fsp3) is 0.190. The third-order valence-corrected chi connectivity index (χ3v) is 5.55. The molecule has 0 amide bonds. The van der Waals surface area contributed by atoms with Gasteiger partial charge in [-0.05, 0) is 24.1 Å². The third kappa shape index (κ3) is 4.09. The first-order valence-corrected chi connectivity index (χ1v) is 9.61. The van der Waals surface area contributed by atoms with Gasteiger partial charge in [0.1, 0.15) is 10.8 Å². The van der Waals surface area contributed by atoms with Crippen LogP contribution >= 0.6 is 22.9 Å². The Hall–Kier alpha value is -2.30. The molecule has 3 aromatic rings. The second kappa shape index (κ2) is 8.39. The average molecular weight is 384 g/mol. The standard InChI is InChI=1S/C21H18ClNO2S/c1-2-15(14-8-4-3-5-9-14)18(24)12-20-23-13-19(26-20)21(25)16-10-6-7-11-17(16)22/h3-11,13,15H,2,12H2,1H3. The highest BCUT2D eigenvalue weighted by Crippen LogP contribution is 2.26. The van der Waals surface area contributed by atoms with Crippen molar-refractivity contribution in [3.63, 3.8) is 0 Å². The molecule has 0 bridgehead atoms. The van der Waals surface area contributed by atoms with Crippen LogP contribution in [0.4, 0.5) is 0 Å². The molecule has 1 atom stereocenters. The van der Waals surface area contributed by atoms with Crippen molar-refractivity contribution in [2.24, 2.45) is 0 Å². The molecule has 0 aliphatic rings. The number of benzene rings is 2. The normalized spacial score (nSPS) is 11.9. The summed E-state index contributed by atoms with van der Waals surface area (Å²) < 4.78 is 0. The Kier molecular flexibility index (Phi) is 5.96. The molecule has 132 valence electrons. The Labute approximate surface area is 161 Å². The number of aromatic nitrogens is 1. The van der Waals surface area contributed by atoms with Crippen LogP contribution in [0.25, 0.3) is 0 Å². The molecule has 0 saturated heterocycles. The highest BCUT2D eigenvalue weighted by atomic mass is 35.5. The Morgan fingerprint density at radius 2 is 1.77 bits per heavy atom. The third-order valence-electron chi connectivity index (χ3n) is 4.22. The lowest BCUT2D eigenvalue weighted by Crippen LogP contribution is -2.14. The van der Waals surface area contributed by atoms with Gasteiger partial charge in [-0.25, -0.2) is 4.98 Å². The monoisotopic (exact) mass is 383 g/mol. The average Bonchev–Trinajstić information content (AvgIpc) is 3.11. The molecule has 1 heterocycles. The number of thiazole rings is 1. The quantitative estimate of drug-likeness (QED) is 0.518. The van der Waals surface area contributed by atoms with Crippen LogP contribution in [0, 0.1) is 0 Å². The number of hydrogen-bond acceptors (Lipinski definition) is 4. The Morgan fingerprint density at radius 1 is 1.08 bits per heavy atom. The fourth-order valence-electron chi connectivity index (χ4n) is 2.88. The smallest absolute Gasteiger partial charge is 0.206 e. The zero-order chi connectivity index (χ0) is 18.5. The van der Waals surface area contributed by atoms with Gasteiger partial charge < -0.3 is 0 Å². The molecule has 3 nitrogen and oxygen atoms in total. The minimum Gasteiger partial charge on any atom is -0.299 e. The summed E-state index contributed by atoms with van der Waals surface area (Å²) >= 11 is 7.35. The summed E-state index contributed by atoms with van der Waals surface area (Å²) in [6, 6.07) is 16.7. The lowest BCUT2D eigenvalue weighted by atomic mass is 9.91. The van der Waals surface area contributed by atoms with Crippen LogP contribution in [0.2, 0.25) is 5.02 Å². The summed E-state index contributed by atoms with van der Waals surface area (Å²) in [6.45, 7) is 2.00. The maximum Gasteiger partial charge on any atom is 0.206 e. The number of hydrogen-bond donors (Lipinski definition) is 0. The Balaban J connectivity index is 1.75. The zero-order valence-electron chi connectivity index (χ0n) is 14.3. The summed E-state index contributed by atoms with van der Waals surface area (Å²) in [5, 5.41) is 1.07. The molecule has 0 radical (unpaired) electrons. The highest BCUT2D eigenvalue weighted by molar-refractivity contribution is 7.14. The van der Waals surface area contributed by atoms with Gasteiger partial charge in [0.2, 0.25) is 5.78 Å². The van der Waals surface area contributed by atoms with E-state index in [1.54, 1.807) is 24.3 Å². The van der Waals surface area contributed by atoms with Crippen LogP contribution in [-0.2, 0) is 11.2 Å². The van der Waals surface area contributed by atoms with Crippen molar-refractivity contribution >= 4 is 34.5 Å². The molecule has 0 aliphatic carbocycles. The fourth-order valence-corrected chi connectivity index (χ4v) is 3.99. The van der Waals surface area contributed by atoms with Crippen molar-refractivity contribution in [3.8, 4) is 0 Å². The summed E-state index contributed by atoms with van der Waals surface area (Å²) in [5.41, 5.74) is 1.47. The van der Waals surface area contributed by atoms with Gasteiger partial charge in [0.05, 0.1) is 16.3 Å². The highest BCUT2D eigenvalue weighted by Gasteiger charge is 2.21. The van der Waals surface area contributed by atoms with Gasteiger partial charge in [0, 0.05) is 17.7 Å². The Bertz CT molecular complexity index is 921. The van der Waals surface area contributed by atoms with E-state index in [-0.39, 0.29) is 23.9 Å². The van der Waals surface area contributed by atoms with Crippen LogP contribution in [0.15, 0.2) is 60.8 Å². The number of nitrogens with zero attached hydrogens (tertiary/aromatic N) is 1. The van der Waals surface area contributed by atoms with Gasteiger partial charge in [-0.1, -0.05) is 61.0 Å². The maximum absolute atomic E-state index is 12.7. The van der Waals surface area contributed by atoms with E-state index in [1.165, 1.54) is 17.5 Å². The second-order valence-electron chi connectivity index (χ2n) is 5.94. The predicted molar refractivity (Wildman–Crippen MR) is 105 cm³/mol. The zero-order valence-corrected chi connectivity index (χ0v) is 15.9. The van der Waals surface area contributed by atoms with Crippen molar-refractivity contribution in [2.75, 3.05) is 0 Å². The lowest BCUT2D eigenvalue weighted by Gasteiger charge is -2.13. The van der Waals surface area contributed by atoms with Gasteiger partial charge in [0.25, 0.3) is 0 Å². The summed E-state index contributed by atoms with van der Waals surface area (Å²) in [4.78, 5) is 30.1. The van der Waals surface area contributed by atoms with Crippen LogP contribution in [0.3, 0.4) is 0 Å². The van der Waals surface area contributed by atoms with E-state index in [4.69, 9.17) is 11.6 Å². The number of carbonyl (C=O) groups is 2. The van der Waals surface area contributed by atoms with Gasteiger partial charge in [-0.2, -0.15) is 0 Å². The van der Waals surface area contributed by atoms with Gasteiger partial charge in [-0.3, -0.25) is 9.59 Å². The minimum atomic E-state index is -0.165. The molecular weight excluding hydrogens is 366 g/mol. The SMILES string of the molecule is CCC(C(=O)Cc1ncc(C(=O)c2ccccc2Cl)s1)c1ccccc1. The molecule has 3 rings (SSSR count). The topological polar surface area (TPSA) is 47.0 Å². The van der Waals surface area contributed by atoms with Crippen LogP contribution < -0.4 is 0 Å². The molecule has 0 spiro atoms. The van der Waals surface area contributed by atoms with Crippen LogP contribution in [-0.4, -0.2) is 16.6 Å². The Morgan fingerprint density at radius 3 is 2.46 bits per heavy atom. The molecule has 0 saturated carbocycles. The molecule has 2 aromatic carbocycles. The molecule has 1 unspecified atom stereocenters. The maximum atomic E-state index is 12.7. The molecular formula is C21H18ClNO2S. The summed E-state index contributed by atoms with van der Waals surface area (Å²) in [6.07, 6.45) is 2.50. The van der Waals surface area contributed by atoms with Crippen molar-refractivity contribution < 1.29 is 9.59 Å². The second-order valence-corrected chi connectivity index (χ2v) is 7.46. The first kappa shape index (κ1) is 18.5. The van der Waals surface area contributed by atoms with E-state index >= 15 is 0 Å². The van der Waals surface area contributed by atoms with Gasteiger partial charge in [0.15, 0.2) is 0 Å². The number of carbonyl (C=O) groups excluding carboxylic acids is 2. The van der Waals surface area contributed by atoms with E-state index in [0.29, 0.717) is 20.5 Å². The molecule has 0 aliphatic heterocycles. The number of ketones is 2. The lowest BCUT2D eigenvalue weighted by molar-refractivity contribution is -0.119. The van der Waals surface area contributed by atoms with Crippen molar-refractivity contribution in [3.05, 3.63) is 86.8 Å². The summed E-state index contributed by atoms with van der Waals surface area (Å²) in [7, 11) is 0. The van der Waals surface area contributed by atoms with Crippen LogP contribution in [0.1, 0.15) is 45.1 Å². The van der Waals surface area contributed by atoms with E-state index in [1.807, 2.05) is 37.3 Å². The first-order chi connectivity index (χ1) is 12.6. The molecule has 1 aromatic heterocycles. The number of Topliss-reactive ketones (excluding diaryl/α,β-unsaturated/α-hetero) is 1. The summed E-state index contributed by atoms with van der Waals surface area (Å²) in [5.74, 6) is -0.200. The number of halogens is 1. The largest absolute Gasteiger partial charge is 0.299 e. The molecule has 0 fully saturated rings. The molecule has 5 heteroatoms. The van der Waals surface area contributed by atoms with Crippen molar-refractivity contribution in [1.29, 1.82) is 0 Å². The first-order valence-electron chi connectivity index (χ1n) is 8.41. The van der Waals surface area contributed by atoms with E-state index in [0.717, 1.165) is 12.0 Å². The van der Waals surface area contributed by atoms with E-state index in [2.05, 4.69) is 4.98 Å². The minimum absolute atomic E-state index is 0.116.